The molecule has 0 rings (SSSR count). The molecule has 70 heavy (non-hydrogen) atoms. The third-order valence-corrected chi connectivity index (χ3v) is 12.9. The number of rotatable bonds is 50. The normalized spacial score (nSPS) is 14.8. The second-order valence-electron chi connectivity index (χ2n) is 19.9. The second-order valence-corrected chi connectivity index (χ2v) is 21.3. The highest BCUT2D eigenvalue weighted by molar-refractivity contribution is 7.45. The van der Waals surface area contributed by atoms with Gasteiger partial charge in [0.1, 0.15) is 13.2 Å². The average molecular weight is 996 g/mol. The van der Waals surface area contributed by atoms with E-state index in [0.29, 0.717) is 17.4 Å². The number of quaternary nitrogens is 1. The first-order chi connectivity index (χ1) is 34.0. The molecule has 0 saturated heterocycles. The van der Waals surface area contributed by atoms with Crippen molar-refractivity contribution in [3.63, 3.8) is 0 Å². The number of unbranched alkanes of at least 4 members (excludes halogenated alkanes) is 21. The van der Waals surface area contributed by atoms with Gasteiger partial charge in [0.2, 0.25) is 5.91 Å². The molecule has 0 aliphatic rings. The first kappa shape index (κ1) is 67.2. The number of carbonyl (C=O) groups excluding carboxylic acids is 1. The Morgan fingerprint density at radius 2 is 0.886 bits per heavy atom. The number of phosphoric acid groups is 1. The van der Waals surface area contributed by atoms with E-state index in [-0.39, 0.29) is 18.9 Å². The summed E-state index contributed by atoms with van der Waals surface area (Å²) in [5, 5.41) is 13.8. The smallest absolute Gasteiger partial charge is 0.268 e. The Bertz CT molecular complexity index is 1500. The number of carbonyl (C=O) groups is 1. The standard InChI is InChI=1S/C61H107N2O6P/c1-6-8-10-12-14-16-18-20-22-24-26-28-30-31-33-35-37-39-41-43-45-47-49-51-53-55-61(65)62-59(58-69-70(66,67)68-57-56-63(3,4)5)60(64)54-52-50-48-46-44-42-40-38-36-34-32-29-27-25-23-21-19-17-15-13-11-9-7-2/h8,10,14,16,20,22,26,28,31,33,37,39,43-46,52,54,59-60,64H,6-7,9,11-13,15,17-19,21,23-25,27,29-30,32,34-36,38,40-42,47-51,53,55-58H2,1-5H3,(H-,62,65,66,67)/b10-8-,16-14-,22-20-,28-26-,33-31-,39-37-,45-43-,46-44+,54-52+. The minimum atomic E-state index is -4.62. The maximum atomic E-state index is 12.9. The van der Waals surface area contributed by atoms with Crippen molar-refractivity contribution < 1.29 is 32.9 Å². The van der Waals surface area contributed by atoms with Crippen LogP contribution in [0.5, 0.6) is 0 Å². The highest BCUT2D eigenvalue weighted by Crippen LogP contribution is 2.38. The van der Waals surface area contributed by atoms with Crippen molar-refractivity contribution in [2.45, 2.75) is 231 Å². The number of amides is 1. The summed E-state index contributed by atoms with van der Waals surface area (Å²) in [6.07, 6.45) is 74.5. The Morgan fingerprint density at radius 1 is 0.514 bits per heavy atom. The Balaban J connectivity index is 4.40. The van der Waals surface area contributed by atoms with Gasteiger partial charge in [-0.3, -0.25) is 9.36 Å². The summed E-state index contributed by atoms with van der Waals surface area (Å²) >= 11 is 0. The van der Waals surface area contributed by atoms with Crippen LogP contribution < -0.4 is 10.2 Å². The highest BCUT2D eigenvalue weighted by atomic mass is 31.2. The molecule has 0 fully saturated rings. The zero-order valence-corrected chi connectivity index (χ0v) is 46.6. The van der Waals surface area contributed by atoms with Crippen molar-refractivity contribution in [2.75, 3.05) is 40.9 Å². The molecular weight excluding hydrogens is 888 g/mol. The lowest BCUT2D eigenvalue weighted by Crippen LogP contribution is -2.45. The summed E-state index contributed by atoms with van der Waals surface area (Å²) in [5.74, 6) is -0.242. The SMILES string of the molecule is CC/C=C\C/C=C\C/C=C\C/C=C\C/C=C\C/C=C\C/C=C\CCCCCC(=O)NC(COP(=O)([O-])OCC[N+](C)(C)C)C(O)/C=C/CC/C=C/CCCCCCCCCCCCCCCCCCC. The summed E-state index contributed by atoms with van der Waals surface area (Å²) in [5.41, 5.74) is 0. The van der Waals surface area contributed by atoms with Crippen molar-refractivity contribution in [1.29, 1.82) is 0 Å². The summed E-state index contributed by atoms with van der Waals surface area (Å²) in [6, 6.07) is -0.930. The van der Waals surface area contributed by atoms with E-state index >= 15 is 0 Å². The molecule has 3 atom stereocenters. The van der Waals surface area contributed by atoms with Crippen LogP contribution in [-0.4, -0.2) is 68.5 Å². The molecule has 0 aliphatic carbocycles. The maximum Gasteiger partial charge on any atom is 0.268 e. The Hall–Kier alpha value is -2.84. The fourth-order valence-corrected chi connectivity index (χ4v) is 8.28. The summed E-state index contributed by atoms with van der Waals surface area (Å²) in [6.45, 7) is 4.49. The molecule has 0 saturated carbocycles. The number of aliphatic hydroxyl groups is 1. The van der Waals surface area contributed by atoms with E-state index in [0.717, 1.165) is 83.5 Å². The van der Waals surface area contributed by atoms with Gasteiger partial charge in [0.15, 0.2) is 0 Å². The van der Waals surface area contributed by atoms with Gasteiger partial charge in [-0.15, -0.1) is 0 Å². The molecule has 0 aromatic carbocycles. The number of allylic oxidation sites excluding steroid dienone is 17. The van der Waals surface area contributed by atoms with Gasteiger partial charge in [-0.05, 0) is 89.9 Å². The molecule has 0 aromatic heterocycles. The van der Waals surface area contributed by atoms with Crippen LogP contribution >= 0.6 is 7.82 Å². The summed E-state index contributed by atoms with van der Waals surface area (Å²) in [7, 11) is 1.20. The number of phosphoric ester groups is 1. The second kappa shape index (κ2) is 51.1. The molecule has 0 aromatic rings. The number of nitrogens with one attached hydrogen (secondary N) is 1. The molecule has 402 valence electrons. The third kappa shape index (κ3) is 53.0. The molecule has 9 heteroatoms. The van der Waals surface area contributed by atoms with Crippen molar-refractivity contribution >= 4 is 13.7 Å². The zero-order chi connectivity index (χ0) is 51.3. The van der Waals surface area contributed by atoms with Crippen LogP contribution in [0.25, 0.3) is 0 Å². The van der Waals surface area contributed by atoms with Gasteiger partial charge in [0, 0.05) is 6.42 Å². The van der Waals surface area contributed by atoms with E-state index in [1.165, 1.54) is 109 Å². The van der Waals surface area contributed by atoms with Gasteiger partial charge in [0.05, 0.1) is 39.9 Å². The van der Waals surface area contributed by atoms with Crippen molar-refractivity contribution in [1.82, 2.24) is 5.32 Å². The van der Waals surface area contributed by atoms with Crippen LogP contribution in [0.3, 0.4) is 0 Å². The molecule has 1 amide bonds. The molecule has 3 unspecified atom stereocenters. The first-order valence-electron chi connectivity index (χ1n) is 28.2. The predicted molar refractivity (Wildman–Crippen MR) is 302 cm³/mol. The van der Waals surface area contributed by atoms with Crippen LogP contribution in [0.4, 0.5) is 0 Å². The van der Waals surface area contributed by atoms with Crippen LogP contribution in [0.15, 0.2) is 109 Å². The van der Waals surface area contributed by atoms with Crippen LogP contribution in [-0.2, 0) is 18.4 Å². The van der Waals surface area contributed by atoms with E-state index in [2.05, 4.69) is 116 Å². The van der Waals surface area contributed by atoms with E-state index in [9.17, 15) is 19.4 Å². The van der Waals surface area contributed by atoms with Crippen LogP contribution in [0.1, 0.15) is 219 Å². The van der Waals surface area contributed by atoms with Gasteiger partial charge in [0.25, 0.3) is 7.82 Å². The lowest BCUT2D eigenvalue weighted by molar-refractivity contribution is -0.870. The minimum Gasteiger partial charge on any atom is -0.756 e. The first-order valence-corrected chi connectivity index (χ1v) is 29.7. The summed E-state index contributed by atoms with van der Waals surface area (Å²) in [4.78, 5) is 25.5. The molecule has 0 spiro atoms. The summed E-state index contributed by atoms with van der Waals surface area (Å²) < 4.78 is 23.3. The molecule has 2 N–H and O–H groups in total. The van der Waals surface area contributed by atoms with Crippen LogP contribution in [0, 0.1) is 0 Å². The molecule has 0 aliphatic heterocycles. The van der Waals surface area contributed by atoms with Crippen molar-refractivity contribution in [3.8, 4) is 0 Å². The van der Waals surface area contributed by atoms with Gasteiger partial charge >= 0.3 is 0 Å². The van der Waals surface area contributed by atoms with Crippen molar-refractivity contribution in [2.24, 2.45) is 0 Å². The topological polar surface area (TPSA) is 108 Å². The third-order valence-electron chi connectivity index (χ3n) is 12.0. The predicted octanol–water partition coefficient (Wildman–Crippen LogP) is 16.6. The molecule has 0 heterocycles. The molecule has 0 radical (unpaired) electrons. The quantitative estimate of drug-likeness (QED) is 0.0272. The van der Waals surface area contributed by atoms with Gasteiger partial charge in [-0.1, -0.05) is 232 Å². The maximum absolute atomic E-state index is 12.9. The number of nitrogens with zero attached hydrogens (tertiary/aromatic N) is 1. The van der Waals surface area contributed by atoms with Gasteiger partial charge in [-0.25, -0.2) is 0 Å². The number of likely N-dealkylation sites (N-methyl/N-ethyl adjacent to an activating group) is 1. The molecule has 0 bridgehead atoms. The number of hydrogen-bond donors (Lipinski definition) is 2. The number of aliphatic hydroxyl groups excluding tert-OH is 1. The zero-order valence-electron chi connectivity index (χ0n) is 45.7. The Morgan fingerprint density at radius 3 is 1.33 bits per heavy atom. The average Bonchev–Trinajstić information content (AvgIpc) is 3.32. The molecule has 8 nitrogen and oxygen atoms in total. The lowest BCUT2D eigenvalue weighted by atomic mass is 10.0. The highest BCUT2D eigenvalue weighted by Gasteiger charge is 2.23. The van der Waals surface area contributed by atoms with Crippen molar-refractivity contribution in [3.05, 3.63) is 109 Å². The fraction of sp³-hybridized carbons (Fsp3) is 0.689. The van der Waals surface area contributed by atoms with Gasteiger partial charge in [-0.2, -0.15) is 0 Å². The van der Waals surface area contributed by atoms with E-state index in [1.807, 2.05) is 27.2 Å². The van der Waals surface area contributed by atoms with E-state index < -0.39 is 26.6 Å². The van der Waals surface area contributed by atoms with E-state index in [1.54, 1.807) is 6.08 Å². The Labute approximate surface area is 431 Å². The minimum absolute atomic E-state index is 0.0194. The fourth-order valence-electron chi connectivity index (χ4n) is 7.56. The molecular formula is C61H107N2O6P. The Kier molecular flexibility index (Phi) is 49.0. The monoisotopic (exact) mass is 995 g/mol. The van der Waals surface area contributed by atoms with Crippen LogP contribution in [0.2, 0.25) is 0 Å². The number of hydrogen-bond acceptors (Lipinski definition) is 6. The van der Waals surface area contributed by atoms with Gasteiger partial charge < -0.3 is 28.8 Å². The largest absolute Gasteiger partial charge is 0.756 e. The van der Waals surface area contributed by atoms with E-state index in [4.69, 9.17) is 9.05 Å². The lowest BCUT2D eigenvalue weighted by Gasteiger charge is -2.29.